The van der Waals surface area contributed by atoms with Crippen LogP contribution in [0.3, 0.4) is 0 Å². The molecule has 0 saturated carbocycles. The summed E-state index contributed by atoms with van der Waals surface area (Å²) in [5.41, 5.74) is 6.02. The number of thiophene rings is 1. The fourth-order valence-corrected chi connectivity index (χ4v) is 2.74. The molecule has 0 fully saturated rings. The Hall–Kier alpha value is -1.79. The summed E-state index contributed by atoms with van der Waals surface area (Å²) in [5.74, 6) is -0.736. The van der Waals surface area contributed by atoms with Crippen LogP contribution >= 0.6 is 23.6 Å². The fourth-order valence-electron chi connectivity index (χ4n) is 1.86. The first kappa shape index (κ1) is 15.6. The maximum atomic E-state index is 13.8. The van der Waals surface area contributed by atoms with E-state index in [0.717, 1.165) is 12.8 Å². The molecular formula is C15H15FN2OS2. The number of nitrogens with one attached hydrogen (secondary N) is 1. The van der Waals surface area contributed by atoms with Gasteiger partial charge in [-0.1, -0.05) is 18.3 Å². The molecule has 0 aliphatic rings. The first-order valence-electron chi connectivity index (χ1n) is 6.48. The van der Waals surface area contributed by atoms with Gasteiger partial charge in [-0.05, 0) is 42.5 Å². The molecule has 0 unspecified atom stereocenters. The number of halogens is 1. The third kappa shape index (κ3) is 4.61. The number of hydrogen-bond acceptors (Lipinski definition) is 3. The van der Waals surface area contributed by atoms with Crippen molar-refractivity contribution in [3.05, 3.63) is 52.0 Å². The van der Waals surface area contributed by atoms with Crippen molar-refractivity contribution in [3.63, 3.8) is 0 Å². The van der Waals surface area contributed by atoms with Crippen LogP contribution in [0.25, 0.3) is 0 Å². The number of rotatable bonds is 6. The van der Waals surface area contributed by atoms with Crippen LogP contribution in [-0.4, -0.2) is 10.9 Å². The average Bonchev–Trinajstić information content (AvgIpc) is 2.94. The molecule has 0 bridgehead atoms. The highest BCUT2D eigenvalue weighted by molar-refractivity contribution is 7.80. The topological polar surface area (TPSA) is 55.1 Å². The lowest BCUT2D eigenvalue weighted by Crippen LogP contribution is -2.14. The molecule has 0 radical (unpaired) electrons. The molecule has 2 rings (SSSR count). The molecule has 1 heterocycles. The monoisotopic (exact) mass is 322 g/mol. The van der Waals surface area contributed by atoms with Crippen LogP contribution in [-0.2, 0) is 11.2 Å². The maximum Gasteiger partial charge on any atom is 0.224 e. The Labute approximate surface area is 132 Å². The Bertz CT molecular complexity index is 641. The number of amides is 1. The van der Waals surface area contributed by atoms with Crippen molar-refractivity contribution >= 4 is 40.1 Å². The molecule has 1 amide bonds. The van der Waals surface area contributed by atoms with Crippen LogP contribution in [0, 0.1) is 5.82 Å². The number of anilines is 1. The van der Waals surface area contributed by atoms with Crippen molar-refractivity contribution in [2.24, 2.45) is 5.73 Å². The van der Waals surface area contributed by atoms with Crippen LogP contribution in [0.5, 0.6) is 0 Å². The zero-order valence-corrected chi connectivity index (χ0v) is 12.9. The number of nitrogens with two attached hydrogens (primary N) is 1. The Morgan fingerprint density at radius 1 is 1.38 bits per heavy atom. The third-order valence-corrected chi connectivity index (χ3v) is 4.11. The summed E-state index contributed by atoms with van der Waals surface area (Å²) in [5, 5.41) is 4.57. The van der Waals surface area contributed by atoms with Crippen molar-refractivity contribution in [2.45, 2.75) is 19.3 Å². The second kappa shape index (κ2) is 7.28. The van der Waals surface area contributed by atoms with Crippen molar-refractivity contribution in [3.8, 4) is 0 Å². The van der Waals surface area contributed by atoms with Crippen molar-refractivity contribution in [1.29, 1.82) is 0 Å². The van der Waals surface area contributed by atoms with Gasteiger partial charge in [0, 0.05) is 16.9 Å². The summed E-state index contributed by atoms with van der Waals surface area (Å²) >= 11 is 6.44. The largest absolute Gasteiger partial charge is 0.389 e. The van der Waals surface area contributed by atoms with Crippen molar-refractivity contribution in [2.75, 3.05) is 5.32 Å². The van der Waals surface area contributed by atoms with Gasteiger partial charge < -0.3 is 11.1 Å². The number of aryl methyl sites for hydroxylation is 1. The Morgan fingerprint density at radius 2 is 2.19 bits per heavy atom. The summed E-state index contributed by atoms with van der Waals surface area (Å²) in [6, 6.07) is 8.31. The number of carbonyl (C=O) groups excluding carboxylic acids is 1. The van der Waals surface area contributed by atoms with Gasteiger partial charge in [0.05, 0.1) is 5.69 Å². The molecule has 3 N–H and O–H groups in total. The zero-order valence-electron chi connectivity index (χ0n) is 11.3. The predicted octanol–water partition coefficient (Wildman–Crippen LogP) is 3.48. The second-order valence-electron chi connectivity index (χ2n) is 4.54. The molecule has 110 valence electrons. The van der Waals surface area contributed by atoms with Gasteiger partial charge in [-0.25, -0.2) is 4.39 Å². The maximum absolute atomic E-state index is 13.8. The lowest BCUT2D eigenvalue weighted by Gasteiger charge is -2.07. The highest BCUT2D eigenvalue weighted by Gasteiger charge is 2.09. The summed E-state index contributed by atoms with van der Waals surface area (Å²) < 4.78 is 13.8. The van der Waals surface area contributed by atoms with E-state index in [1.165, 1.54) is 17.0 Å². The molecule has 6 heteroatoms. The zero-order chi connectivity index (χ0) is 15.2. The van der Waals surface area contributed by atoms with E-state index in [1.54, 1.807) is 17.4 Å². The van der Waals surface area contributed by atoms with Gasteiger partial charge >= 0.3 is 0 Å². The molecule has 0 aliphatic carbocycles. The van der Waals surface area contributed by atoms with Crippen molar-refractivity contribution < 1.29 is 9.18 Å². The highest BCUT2D eigenvalue weighted by Crippen LogP contribution is 2.17. The minimum absolute atomic E-state index is 0.128. The summed E-state index contributed by atoms with van der Waals surface area (Å²) in [6.07, 6.45) is 1.95. The van der Waals surface area contributed by atoms with E-state index in [2.05, 4.69) is 5.32 Å². The minimum Gasteiger partial charge on any atom is -0.389 e. The van der Waals surface area contributed by atoms with Gasteiger partial charge in [-0.2, -0.15) is 0 Å². The number of benzene rings is 1. The van der Waals surface area contributed by atoms with Crippen LogP contribution in [0.4, 0.5) is 10.1 Å². The lowest BCUT2D eigenvalue weighted by molar-refractivity contribution is -0.116. The molecule has 0 aliphatic heterocycles. The Kier molecular flexibility index (Phi) is 5.41. The average molecular weight is 322 g/mol. The smallest absolute Gasteiger partial charge is 0.224 e. The van der Waals surface area contributed by atoms with E-state index in [-0.39, 0.29) is 16.6 Å². The van der Waals surface area contributed by atoms with E-state index >= 15 is 0 Å². The highest BCUT2D eigenvalue weighted by atomic mass is 32.1. The van der Waals surface area contributed by atoms with E-state index in [4.69, 9.17) is 18.0 Å². The molecule has 3 nitrogen and oxygen atoms in total. The Balaban J connectivity index is 1.86. The van der Waals surface area contributed by atoms with E-state index in [0.29, 0.717) is 12.0 Å². The van der Waals surface area contributed by atoms with E-state index < -0.39 is 5.82 Å². The van der Waals surface area contributed by atoms with E-state index in [9.17, 15) is 9.18 Å². The molecule has 2 aromatic rings. The summed E-state index contributed by atoms with van der Waals surface area (Å²) in [7, 11) is 0. The Morgan fingerprint density at radius 3 is 2.81 bits per heavy atom. The van der Waals surface area contributed by atoms with Crippen LogP contribution < -0.4 is 11.1 Å². The summed E-state index contributed by atoms with van der Waals surface area (Å²) in [6.45, 7) is 0. The van der Waals surface area contributed by atoms with Gasteiger partial charge in [0.15, 0.2) is 0 Å². The van der Waals surface area contributed by atoms with E-state index in [1.807, 2.05) is 17.5 Å². The van der Waals surface area contributed by atoms with Gasteiger partial charge in [0.2, 0.25) is 5.91 Å². The molecule has 0 saturated heterocycles. The first-order chi connectivity index (χ1) is 10.1. The molecule has 21 heavy (non-hydrogen) atoms. The van der Waals surface area contributed by atoms with Gasteiger partial charge in [-0.3, -0.25) is 4.79 Å². The van der Waals surface area contributed by atoms with Gasteiger partial charge in [0.25, 0.3) is 0 Å². The number of hydrogen-bond donors (Lipinski definition) is 2. The van der Waals surface area contributed by atoms with Gasteiger partial charge in [0.1, 0.15) is 10.8 Å². The van der Waals surface area contributed by atoms with Gasteiger partial charge in [-0.15, -0.1) is 11.3 Å². The normalized spacial score (nSPS) is 10.3. The second-order valence-corrected chi connectivity index (χ2v) is 6.01. The lowest BCUT2D eigenvalue weighted by atomic mass is 10.1. The first-order valence-corrected chi connectivity index (χ1v) is 7.76. The molecule has 1 aromatic heterocycles. The molecular weight excluding hydrogens is 307 g/mol. The molecule has 1 aromatic carbocycles. The summed E-state index contributed by atoms with van der Waals surface area (Å²) in [4.78, 5) is 13.2. The minimum atomic E-state index is -0.535. The fraction of sp³-hybridized carbons (Fsp3) is 0.200. The standard InChI is InChI=1S/C15H15FN2OS2/c16-12-9-10(15(17)20)6-7-13(12)18-14(19)5-1-3-11-4-2-8-21-11/h2,4,6-9H,1,3,5H2,(H2,17,20)(H,18,19). The van der Waals surface area contributed by atoms with Crippen LogP contribution in [0.15, 0.2) is 35.7 Å². The quantitative estimate of drug-likeness (QED) is 0.801. The third-order valence-electron chi connectivity index (χ3n) is 2.93. The van der Waals surface area contributed by atoms with Crippen LogP contribution in [0.1, 0.15) is 23.3 Å². The molecule has 0 spiro atoms. The number of thiocarbonyl (C=S) groups is 1. The molecule has 0 atom stereocenters. The predicted molar refractivity (Wildman–Crippen MR) is 88.2 cm³/mol. The van der Waals surface area contributed by atoms with Crippen molar-refractivity contribution in [1.82, 2.24) is 0 Å². The SMILES string of the molecule is NC(=S)c1ccc(NC(=O)CCCc2cccs2)c(F)c1. The number of carbonyl (C=O) groups is 1. The van der Waals surface area contributed by atoms with Crippen LogP contribution in [0.2, 0.25) is 0 Å².